The molecular formula is C30H18O2P2S2. The number of rotatable bonds is 2. The molecule has 0 spiro atoms. The minimum atomic E-state index is -2.95. The molecule has 2 aliphatic rings. The second-order valence-electron chi connectivity index (χ2n) is 9.17. The van der Waals surface area contributed by atoms with Crippen LogP contribution in [-0.4, -0.2) is 0 Å². The molecule has 0 saturated carbocycles. The third-order valence-electron chi connectivity index (χ3n) is 7.50. The zero-order valence-electron chi connectivity index (χ0n) is 18.9. The lowest BCUT2D eigenvalue weighted by molar-refractivity contribution is 0.592. The summed E-state index contributed by atoms with van der Waals surface area (Å²) in [5.41, 5.74) is 2.15. The first kappa shape index (κ1) is 21.1. The third-order valence-corrected chi connectivity index (χ3v) is 15.9. The van der Waals surface area contributed by atoms with Gasteiger partial charge in [-0.3, -0.25) is 0 Å². The van der Waals surface area contributed by atoms with Crippen LogP contribution in [0.2, 0.25) is 0 Å². The highest BCUT2D eigenvalue weighted by Crippen LogP contribution is 2.58. The van der Waals surface area contributed by atoms with Gasteiger partial charge in [0, 0.05) is 52.7 Å². The lowest BCUT2D eigenvalue weighted by Crippen LogP contribution is -2.21. The quantitative estimate of drug-likeness (QED) is 0.247. The summed E-state index contributed by atoms with van der Waals surface area (Å²) in [5, 5.41) is 11.7. The second-order valence-corrected chi connectivity index (χ2v) is 16.4. The first-order valence-corrected chi connectivity index (χ1v) is 16.9. The summed E-state index contributed by atoms with van der Waals surface area (Å²) < 4.78 is 29.6. The van der Waals surface area contributed by atoms with Crippen molar-refractivity contribution in [1.82, 2.24) is 0 Å². The minimum absolute atomic E-state index is 0.873. The van der Waals surface area contributed by atoms with E-state index >= 15 is 0 Å². The Morgan fingerprint density at radius 3 is 1.28 bits per heavy atom. The van der Waals surface area contributed by atoms with Crippen LogP contribution in [0.1, 0.15) is 0 Å². The Morgan fingerprint density at radius 2 is 0.861 bits per heavy atom. The van der Waals surface area contributed by atoms with Crippen LogP contribution in [0, 0.1) is 0 Å². The smallest absolute Gasteiger partial charge is 0.173 e. The van der Waals surface area contributed by atoms with Crippen LogP contribution < -0.4 is 31.8 Å². The largest absolute Gasteiger partial charge is 0.309 e. The summed E-state index contributed by atoms with van der Waals surface area (Å²) in [6.07, 6.45) is 0. The topological polar surface area (TPSA) is 34.1 Å². The highest BCUT2D eigenvalue weighted by Gasteiger charge is 2.45. The normalized spacial score (nSPS) is 21.2. The zero-order chi connectivity index (χ0) is 24.1. The van der Waals surface area contributed by atoms with Gasteiger partial charge in [-0.15, -0.1) is 22.7 Å². The fourth-order valence-electron chi connectivity index (χ4n) is 5.95. The van der Waals surface area contributed by atoms with Crippen molar-refractivity contribution < 1.29 is 9.13 Å². The van der Waals surface area contributed by atoms with Gasteiger partial charge in [-0.05, 0) is 45.8 Å². The minimum Gasteiger partial charge on any atom is -0.309 e. The maximum Gasteiger partial charge on any atom is 0.173 e. The van der Waals surface area contributed by atoms with Gasteiger partial charge in [-0.2, -0.15) is 0 Å². The standard InChI is InChI=1S/C30H18O2P2S2/c31-33(19-7-3-1-4-8-19)23-13-11-22-21(27(23)29-25(33)15-17-35-29)12-14-24-28(22)30-26(16-18-36-30)34(24,32)20-9-5-2-6-10-20/h1-18H. The van der Waals surface area contributed by atoms with Gasteiger partial charge >= 0.3 is 0 Å². The number of fused-ring (bicyclic) bond motifs is 9. The molecule has 2 atom stereocenters. The monoisotopic (exact) mass is 536 g/mol. The van der Waals surface area contributed by atoms with Gasteiger partial charge in [0.1, 0.15) is 0 Å². The van der Waals surface area contributed by atoms with Gasteiger partial charge < -0.3 is 9.13 Å². The average Bonchev–Trinajstić information content (AvgIpc) is 3.69. The van der Waals surface area contributed by atoms with Crippen LogP contribution >= 0.6 is 37.0 Å². The van der Waals surface area contributed by atoms with Gasteiger partial charge in [-0.1, -0.05) is 72.8 Å². The van der Waals surface area contributed by atoms with Crippen LogP contribution in [-0.2, 0) is 9.13 Å². The molecule has 0 radical (unpaired) electrons. The molecule has 0 N–H and O–H groups in total. The van der Waals surface area contributed by atoms with E-state index in [0.717, 1.165) is 63.5 Å². The number of thiophene rings is 2. The predicted molar refractivity (Wildman–Crippen MR) is 156 cm³/mol. The van der Waals surface area contributed by atoms with Crippen molar-refractivity contribution in [2.75, 3.05) is 0 Å². The van der Waals surface area contributed by atoms with Crippen LogP contribution in [0.5, 0.6) is 0 Å². The molecule has 0 aliphatic carbocycles. The summed E-state index contributed by atoms with van der Waals surface area (Å²) in [4.78, 5) is 2.19. The molecule has 2 unspecified atom stereocenters. The van der Waals surface area contributed by atoms with Crippen LogP contribution in [0.3, 0.4) is 0 Å². The van der Waals surface area contributed by atoms with Crippen LogP contribution in [0.15, 0.2) is 108 Å². The third kappa shape index (κ3) is 2.44. The molecular weight excluding hydrogens is 518 g/mol. The van der Waals surface area contributed by atoms with Crippen molar-refractivity contribution in [3.63, 3.8) is 0 Å². The van der Waals surface area contributed by atoms with Crippen molar-refractivity contribution in [2.24, 2.45) is 0 Å². The van der Waals surface area contributed by atoms with Crippen molar-refractivity contribution in [1.29, 1.82) is 0 Å². The molecule has 0 amide bonds. The maximum absolute atomic E-state index is 14.8. The number of hydrogen-bond acceptors (Lipinski definition) is 4. The van der Waals surface area contributed by atoms with E-state index in [4.69, 9.17) is 0 Å². The van der Waals surface area contributed by atoms with Gasteiger partial charge in [0.05, 0.1) is 0 Å². The summed E-state index contributed by atoms with van der Waals surface area (Å²) in [6, 6.07) is 32.2. The van der Waals surface area contributed by atoms with Crippen LogP contribution in [0.25, 0.3) is 31.7 Å². The first-order chi connectivity index (χ1) is 17.6. The van der Waals surface area contributed by atoms with E-state index in [2.05, 4.69) is 35.0 Å². The van der Waals surface area contributed by atoms with Gasteiger partial charge in [0.2, 0.25) is 0 Å². The Hall–Kier alpha value is -3.00. The molecule has 0 fully saturated rings. The first-order valence-electron chi connectivity index (χ1n) is 11.7. The second kappa shape index (κ2) is 7.28. The zero-order valence-corrected chi connectivity index (χ0v) is 22.3. The van der Waals surface area contributed by atoms with Crippen molar-refractivity contribution >= 4 is 79.6 Å². The van der Waals surface area contributed by atoms with E-state index in [-0.39, 0.29) is 0 Å². The molecule has 4 aromatic carbocycles. The molecule has 0 saturated heterocycles. The van der Waals surface area contributed by atoms with E-state index < -0.39 is 14.3 Å². The van der Waals surface area contributed by atoms with Gasteiger partial charge in [-0.25, -0.2) is 0 Å². The Labute approximate surface area is 216 Å². The summed E-state index contributed by atoms with van der Waals surface area (Å²) in [7, 11) is -5.90. The molecule has 0 bridgehead atoms. The number of benzene rings is 4. The molecule has 2 aliphatic heterocycles. The Bertz CT molecular complexity index is 1810. The maximum atomic E-state index is 14.8. The Morgan fingerprint density at radius 1 is 0.444 bits per heavy atom. The number of hydrogen-bond donors (Lipinski definition) is 0. The molecule has 2 nitrogen and oxygen atoms in total. The van der Waals surface area contributed by atoms with Crippen molar-refractivity contribution in [2.45, 2.75) is 0 Å². The molecule has 2 aromatic heterocycles. The fraction of sp³-hybridized carbons (Fsp3) is 0. The molecule has 36 heavy (non-hydrogen) atoms. The van der Waals surface area contributed by atoms with E-state index in [1.165, 1.54) is 0 Å². The van der Waals surface area contributed by atoms with Crippen molar-refractivity contribution in [3.8, 4) is 20.9 Å². The van der Waals surface area contributed by atoms with Crippen molar-refractivity contribution in [3.05, 3.63) is 108 Å². The molecule has 4 heterocycles. The van der Waals surface area contributed by atoms with E-state index in [0.29, 0.717) is 0 Å². The Kier molecular flexibility index (Phi) is 4.27. The van der Waals surface area contributed by atoms with Gasteiger partial charge in [0.25, 0.3) is 0 Å². The highest BCUT2D eigenvalue weighted by molar-refractivity contribution is 7.87. The molecule has 172 valence electrons. The predicted octanol–water partition coefficient (Wildman–Crippen LogP) is 6.20. The molecule has 6 heteroatoms. The molecule has 8 rings (SSSR count). The average molecular weight is 537 g/mol. The highest BCUT2D eigenvalue weighted by atomic mass is 32.1. The van der Waals surface area contributed by atoms with E-state index in [1.54, 1.807) is 22.7 Å². The Balaban J connectivity index is 1.47. The SMILES string of the molecule is O=P1(c2ccccc2)c2ccsc2-c2c1ccc1c3c(ccc21)P(=O)(c1ccccc1)c1ccsc1-3. The summed E-state index contributed by atoms with van der Waals surface area (Å²) in [5.74, 6) is 0. The lowest BCUT2D eigenvalue weighted by atomic mass is 9.98. The van der Waals surface area contributed by atoms with E-state index in [9.17, 15) is 9.13 Å². The fourth-order valence-corrected chi connectivity index (χ4v) is 15.0. The lowest BCUT2D eigenvalue weighted by Gasteiger charge is -2.17. The summed E-state index contributed by atoms with van der Waals surface area (Å²) in [6.45, 7) is 0. The molecule has 6 aromatic rings. The summed E-state index contributed by atoms with van der Waals surface area (Å²) >= 11 is 3.32. The van der Waals surface area contributed by atoms with Gasteiger partial charge in [0.15, 0.2) is 14.3 Å². The van der Waals surface area contributed by atoms with E-state index in [1.807, 2.05) is 72.8 Å². The van der Waals surface area contributed by atoms with Crippen LogP contribution in [0.4, 0.5) is 0 Å².